The van der Waals surface area contributed by atoms with E-state index in [1.807, 2.05) is 0 Å². The van der Waals surface area contributed by atoms with Crippen molar-refractivity contribution in [3.63, 3.8) is 0 Å². The number of rotatable bonds is 10. The summed E-state index contributed by atoms with van der Waals surface area (Å²) >= 11 is 0. The Balaban J connectivity index is 2.06. The number of amides is 2. The zero-order valence-electron chi connectivity index (χ0n) is 15.6. The molecule has 150 valence electrons. The summed E-state index contributed by atoms with van der Waals surface area (Å²) in [5.74, 6) is -2.01. The van der Waals surface area contributed by atoms with Crippen molar-refractivity contribution in [2.24, 2.45) is 0 Å². The predicted molar refractivity (Wildman–Crippen MR) is 102 cm³/mol. The molecule has 2 N–H and O–H groups in total. The van der Waals surface area contributed by atoms with Gasteiger partial charge in [0.25, 0.3) is 0 Å². The van der Waals surface area contributed by atoms with E-state index in [2.05, 4.69) is 10.6 Å². The van der Waals surface area contributed by atoms with E-state index in [9.17, 15) is 18.4 Å². The highest BCUT2D eigenvalue weighted by atomic mass is 19.1. The fraction of sp³-hybridized carbons (Fsp3) is 0.300. The SMILES string of the molecule is COCCNCC(=O)N(CC(=O)Nc1ccccc1F)Cc1ccccc1F. The van der Waals surface area contributed by atoms with Crippen LogP contribution >= 0.6 is 0 Å². The first-order valence-electron chi connectivity index (χ1n) is 8.76. The second kappa shape index (κ2) is 11.1. The monoisotopic (exact) mass is 391 g/mol. The number of carbonyl (C=O) groups is 2. The van der Waals surface area contributed by atoms with Crippen LogP contribution in [0.1, 0.15) is 5.56 Å². The number of carbonyl (C=O) groups excluding carboxylic acids is 2. The number of benzene rings is 2. The predicted octanol–water partition coefficient (Wildman–Crippen LogP) is 2.17. The van der Waals surface area contributed by atoms with Crippen LogP contribution < -0.4 is 10.6 Å². The Morgan fingerprint density at radius 3 is 2.39 bits per heavy atom. The summed E-state index contributed by atoms with van der Waals surface area (Å²) in [6.07, 6.45) is 0. The van der Waals surface area contributed by atoms with Gasteiger partial charge in [0.15, 0.2) is 0 Å². The molecular weight excluding hydrogens is 368 g/mol. The van der Waals surface area contributed by atoms with Gasteiger partial charge in [-0.25, -0.2) is 8.78 Å². The van der Waals surface area contributed by atoms with Crippen molar-refractivity contribution in [3.05, 3.63) is 65.7 Å². The molecule has 2 rings (SSSR count). The molecule has 0 aliphatic carbocycles. The molecule has 0 fully saturated rings. The van der Waals surface area contributed by atoms with Crippen LogP contribution in [0.4, 0.5) is 14.5 Å². The van der Waals surface area contributed by atoms with Gasteiger partial charge in [-0.05, 0) is 18.2 Å². The molecule has 2 amide bonds. The van der Waals surface area contributed by atoms with Crippen molar-refractivity contribution in [1.29, 1.82) is 0 Å². The van der Waals surface area contributed by atoms with Gasteiger partial charge in [-0.2, -0.15) is 0 Å². The summed E-state index contributed by atoms with van der Waals surface area (Å²) < 4.78 is 32.6. The number of ether oxygens (including phenoxy) is 1. The first kappa shape index (κ1) is 21.5. The van der Waals surface area contributed by atoms with Crippen LogP contribution in [0.3, 0.4) is 0 Å². The van der Waals surface area contributed by atoms with Crippen molar-refractivity contribution in [2.75, 3.05) is 38.7 Å². The Morgan fingerprint density at radius 1 is 1.04 bits per heavy atom. The summed E-state index contributed by atoms with van der Waals surface area (Å²) in [5, 5.41) is 5.33. The molecule has 2 aromatic rings. The Labute approximate surface area is 162 Å². The highest BCUT2D eigenvalue weighted by Crippen LogP contribution is 2.13. The fourth-order valence-electron chi connectivity index (χ4n) is 2.47. The lowest BCUT2D eigenvalue weighted by molar-refractivity contribution is -0.134. The second-order valence-electron chi connectivity index (χ2n) is 6.04. The lowest BCUT2D eigenvalue weighted by atomic mass is 10.2. The first-order chi connectivity index (χ1) is 13.5. The first-order valence-corrected chi connectivity index (χ1v) is 8.76. The Kier molecular flexibility index (Phi) is 8.51. The molecule has 28 heavy (non-hydrogen) atoms. The highest BCUT2D eigenvalue weighted by molar-refractivity contribution is 5.94. The van der Waals surface area contributed by atoms with Gasteiger partial charge in [0, 0.05) is 25.8 Å². The smallest absolute Gasteiger partial charge is 0.244 e. The van der Waals surface area contributed by atoms with Gasteiger partial charge in [0.05, 0.1) is 18.8 Å². The standard InChI is InChI=1S/C20H23F2N3O3/c1-28-11-10-23-12-20(27)25(13-15-6-2-3-7-16(15)21)14-19(26)24-18-9-5-4-8-17(18)22/h2-9,23H,10-14H2,1H3,(H,24,26). The third-order valence-corrected chi connectivity index (χ3v) is 3.91. The molecule has 0 bridgehead atoms. The molecule has 0 aromatic heterocycles. The number of nitrogens with one attached hydrogen (secondary N) is 2. The molecule has 0 radical (unpaired) electrons. The van der Waals surface area contributed by atoms with Crippen LogP contribution in [0, 0.1) is 11.6 Å². The summed E-state index contributed by atoms with van der Waals surface area (Å²) in [6.45, 7) is 0.423. The summed E-state index contributed by atoms with van der Waals surface area (Å²) in [4.78, 5) is 26.1. The molecule has 0 saturated heterocycles. The molecule has 0 spiro atoms. The highest BCUT2D eigenvalue weighted by Gasteiger charge is 2.19. The number of para-hydroxylation sites is 1. The number of hydrogen-bond donors (Lipinski definition) is 2. The maximum atomic E-state index is 14.0. The Hall–Kier alpha value is -2.84. The topological polar surface area (TPSA) is 70.7 Å². The molecule has 0 atom stereocenters. The van der Waals surface area contributed by atoms with Crippen molar-refractivity contribution in [1.82, 2.24) is 10.2 Å². The lowest BCUT2D eigenvalue weighted by Crippen LogP contribution is -2.42. The fourth-order valence-corrected chi connectivity index (χ4v) is 2.47. The zero-order chi connectivity index (χ0) is 20.4. The number of halogens is 2. The number of methoxy groups -OCH3 is 1. The van der Waals surface area contributed by atoms with Gasteiger partial charge in [0.1, 0.15) is 18.2 Å². The van der Waals surface area contributed by atoms with Gasteiger partial charge >= 0.3 is 0 Å². The van der Waals surface area contributed by atoms with Gasteiger partial charge in [-0.15, -0.1) is 0 Å². The summed E-state index contributed by atoms with van der Waals surface area (Å²) in [7, 11) is 1.54. The average Bonchev–Trinajstić information content (AvgIpc) is 2.68. The van der Waals surface area contributed by atoms with Crippen LogP contribution in [0.25, 0.3) is 0 Å². The maximum absolute atomic E-state index is 14.0. The maximum Gasteiger partial charge on any atom is 0.244 e. The van der Waals surface area contributed by atoms with Crippen LogP contribution in [0.15, 0.2) is 48.5 Å². The normalized spacial score (nSPS) is 10.5. The Morgan fingerprint density at radius 2 is 1.71 bits per heavy atom. The molecule has 2 aromatic carbocycles. The second-order valence-corrected chi connectivity index (χ2v) is 6.04. The van der Waals surface area contributed by atoms with E-state index >= 15 is 0 Å². The van der Waals surface area contributed by atoms with Crippen molar-refractivity contribution < 1.29 is 23.1 Å². The van der Waals surface area contributed by atoms with Gasteiger partial charge in [0.2, 0.25) is 11.8 Å². The third-order valence-electron chi connectivity index (χ3n) is 3.91. The molecule has 6 nitrogen and oxygen atoms in total. The van der Waals surface area contributed by atoms with Crippen molar-refractivity contribution in [2.45, 2.75) is 6.54 Å². The summed E-state index contributed by atoms with van der Waals surface area (Å²) in [5.41, 5.74) is 0.301. The summed E-state index contributed by atoms with van der Waals surface area (Å²) in [6, 6.07) is 11.8. The molecule has 8 heteroatoms. The van der Waals surface area contributed by atoms with Gasteiger partial charge in [-0.3, -0.25) is 9.59 Å². The zero-order valence-corrected chi connectivity index (χ0v) is 15.6. The molecule has 0 aliphatic rings. The van der Waals surface area contributed by atoms with E-state index in [1.54, 1.807) is 31.4 Å². The third kappa shape index (κ3) is 6.71. The van der Waals surface area contributed by atoms with E-state index in [4.69, 9.17) is 4.74 Å². The number of anilines is 1. The van der Waals surface area contributed by atoms with Gasteiger partial charge in [-0.1, -0.05) is 30.3 Å². The minimum atomic E-state index is -0.580. The van der Waals surface area contributed by atoms with E-state index < -0.39 is 17.5 Å². The molecule has 0 aliphatic heterocycles. The largest absolute Gasteiger partial charge is 0.383 e. The van der Waals surface area contributed by atoms with Crippen LogP contribution in [0.5, 0.6) is 0 Å². The van der Waals surface area contributed by atoms with E-state index in [1.165, 1.54) is 29.2 Å². The van der Waals surface area contributed by atoms with Crippen molar-refractivity contribution >= 4 is 17.5 Å². The van der Waals surface area contributed by atoms with Crippen LogP contribution in [-0.2, 0) is 20.9 Å². The van der Waals surface area contributed by atoms with Gasteiger partial charge < -0.3 is 20.3 Å². The number of nitrogens with zero attached hydrogens (tertiary/aromatic N) is 1. The lowest BCUT2D eigenvalue weighted by Gasteiger charge is -2.23. The Bertz CT molecular complexity index is 802. The minimum absolute atomic E-state index is 0.0176. The molecule has 0 saturated carbocycles. The van der Waals surface area contributed by atoms with E-state index in [0.29, 0.717) is 13.2 Å². The minimum Gasteiger partial charge on any atom is -0.383 e. The molecular formula is C20H23F2N3O3. The van der Waals surface area contributed by atoms with Crippen LogP contribution in [0.2, 0.25) is 0 Å². The molecule has 0 heterocycles. The van der Waals surface area contributed by atoms with Crippen LogP contribution in [-0.4, -0.2) is 50.1 Å². The van der Waals surface area contributed by atoms with E-state index in [-0.39, 0.29) is 36.8 Å². The quantitative estimate of drug-likeness (QED) is 0.609. The average molecular weight is 391 g/mol. The van der Waals surface area contributed by atoms with Crippen molar-refractivity contribution in [3.8, 4) is 0 Å². The number of hydrogen-bond acceptors (Lipinski definition) is 4. The molecule has 0 unspecified atom stereocenters. The van der Waals surface area contributed by atoms with E-state index in [0.717, 1.165) is 0 Å².